The number of carbonyl (C=O) groups is 2. The van der Waals surface area contributed by atoms with E-state index in [4.69, 9.17) is 4.74 Å². The molecule has 0 saturated carbocycles. The molecule has 4 rings (SSSR count). The lowest BCUT2D eigenvalue weighted by Crippen LogP contribution is -2.33. The van der Waals surface area contributed by atoms with Crippen molar-refractivity contribution < 1.29 is 14.3 Å². The SMILES string of the molecule is COc1ccc(C2SC[C@H]3C(=O)N(c4cccc(C)c4)C(=O)N23)cc1. The average molecular weight is 354 g/mol. The maximum Gasteiger partial charge on any atom is 0.333 e. The van der Waals surface area contributed by atoms with E-state index in [1.54, 1.807) is 29.8 Å². The molecule has 2 aromatic carbocycles. The van der Waals surface area contributed by atoms with Crippen LogP contribution in [0.25, 0.3) is 0 Å². The van der Waals surface area contributed by atoms with Gasteiger partial charge in [0.1, 0.15) is 17.2 Å². The molecule has 0 spiro atoms. The molecule has 2 aliphatic rings. The molecule has 2 aromatic rings. The lowest BCUT2D eigenvalue weighted by molar-refractivity contribution is -0.119. The summed E-state index contributed by atoms with van der Waals surface area (Å²) in [6, 6.07) is 14.5. The Balaban J connectivity index is 1.66. The Morgan fingerprint density at radius 1 is 1.12 bits per heavy atom. The molecule has 1 unspecified atom stereocenters. The molecule has 0 N–H and O–H groups in total. The minimum Gasteiger partial charge on any atom is -0.497 e. The first kappa shape index (κ1) is 16.0. The van der Waals surface area contributed by atoms with Crippen molar-refractivity contribution in [3.05, 3.63) is 59.7 Å². The summed E-state index contributed by atoms with van der Waals surface area (Å²) in [6.07, 6.45) is 0. The van der Waals surface area contributed by atoms with E-state index in [0.29, 0.717) is 11.4 Å². The number of urea groups is 1. The van der Waals surface area contributed by atoms with Crippen LogP contribution >= 0.6 is 11.8 Å². The van der Waals surface area contributed by atoms with Crippen molar-refractivity contribution >= 4 is 29.4 Å². The molecule has 2 fully saturated rings. The molecule has 5 nitrogen and oxygen atoms in total. The minimum atomic E-state index is -0.398. The molecule has 0 aromatic heterocycles. The predicted octanol–water partition coefficient (Wildman–Crippen LogP) is 3.59. The number of carbonyl (C=O) groups excluding carboxylic acids is 2. The highest BCUT2D eigenvalue weighted by molar-refractivity contribution is 7.99. The number of hydrogen-bond donors (Lipinski definition) is 0. The van der Waals surface area contributed by atoms with Crippen molar-refractivity contribution in [3.8, 4) is 5.75 Å². The van der Waals surface area contributed by atoms with E-state index < -0.39 is 6.04 Å². The van der Waals surface area contributed by atoms with Gasteiger partial charge < -0.3 is 4.74 Å². The summed E-state index contributed by atoms with van der Waals surface area (Å²) >= 11 is 1.63. The Hall–Kier alpha value is -2.47. The van der Waals surface area contributed by atoms with Gasteiger partial charge in [-0.1, -0.05) is 24.3 Å². The zero-order valence-electron chi connectivity index (χ0n) is 14.0. The van der Waals surface area contributed by atoms with Crippen molar-refractivity contribution in [1.82, 2.24) is 4.90 Å². The standard InChI is InChI=1S/C19H18N2O3S/c1-12-4-3-5-14(10-12)20-17(22)16-11-25-18(21(16)19(20)23)13-6-8-15(24-2)9-7-13/h3-10,16,18H,11H2,1-2H3/t16-,18?/m0/s1. The van der Waals surface area contributed by atoms with Crippen LogP contribution in [-0.4, -0.2) is 35.7 Å². The van der Waals surface area contributed by atoms with Gasteiger partial charge in [-0.25, -0.2) is 9.69 Å². The van der Waals surface area contributed by atoms with Gasteiger partial charge in [-0.2, -0.15) is 0 Å². The molecule has 2 saturated heterocycles. The minimum absolute atomic E-state index is 0.140. The molecule has 0 radical (unpaired) electrons. The number of methoxy groups -OCH3 is 1. The van der Waals surface area contributed by atoms with Crippen LogP contribution in [0.3, 0.4) is 0 Å². The molecule has 6 heteroatoms. The van der Waals surface area contributed by atoms with Gasteiger partial charge >= 0.3 is 6.03 Å². The summed E-state index contributed by atoms with van der Waals surface area (Å²) in [4.78, 5) is 28.8. The zero-order chi connectivity index (χ0) is 17.6. The number of nitrogens with zero attached hydrogens (tertiary/aromatic N) is 2. The third-order valence-electron chi connectivity index (χ3n) is 4.58. The molecular formula is C19H18N2O3S. The van der Waals surface area contributed by atoms with E-state index in [2.05, 4.69) is 0 Å². The first-order valence-corrected chi connectivity index (χ1v) is 9.13. The van der Waals surface area contributed by atoms with Crippen LogP contribution in [0.15, 0.2) is 48.5 Å². The summed E-state index contributed by atoms with van der Waals surface area (Å²) in [5, 5.41) is -0.151. The third-order valence-corrected chi connectivity index (χ3v) is 5.90. The normalized spacial score (nSPS) is 22.5. The van der Waals surface area contributed by atoms with E-state index in [-0.39, 0.29) is 17.3 Å². The molecule has 0 aliphatic carbocycles. The highest BCUT2D eigenvalue weighted by Gasteiger charge is 2.53. The predicted molar refractivity (Wildman–Crippen MR) is 97.9 cm³/mol. The van der Waals surface area contributed by atoms with Gasteiger partial charge in [-0.3, -0.25) is 9.69 Å². The van der Waals surface area contributed by atoms with Crippen molar-refractivity contribution in [2.45, 2.75) is 18.3 Å². The van der Waals surface area contributed by atoms with Crippen molar-refractivity contribution in [1.29, 1.82) is 0 Å². The molecule has 25 heavy (non-hydrogen) atoms. The van der Waals surface area contributed by atoms with E-state index in [0.717, 1.165) is 16.9 Å². The fraction of sp³-hybridized carbons (Fsp3) is 0.263. The number of imide groups is 1. The van der Waals surface area contributed by atoms with Crippen LogP contribution in [0.5, 0.6) is 5.75 Å². The van der Waals surface area contributed by atoms with E-state index >= 15 is 0 Å². The fourth-order valence-corrected chi connectivity index (χ4v) is 4.73. The van der Waals surface area contributed by atoms with Crippen LogP contribution in [0.2, 0.25) is 0 Å². The van der Waals surface area contributed by atoms with Crippen LogP contribution in [-0.2, 0) is 4.79 Å². The molecule has 0 bridgehead atoms. The summed E-state index contributed by atoms with van der Waals surface area (Å²) in [6.45, 7) is 1.95. The molecular weight excluding hydrogens is 336 g/mol. The smallest absolute Gasteiger partial charge is 0.333 e. The first-order chi connectivity index (χ1) is 12.1. The van der Waals surface area contributed by atoms with Gasteiger partial charge in [0, 0.05) is 5.75 Å². The maximum absolute atomic E-state index is 13.0. The van der Waals surface area contributed by atoms with Gasteiger partial charge in [0.25, 0.3) is 5.91 Å². The second kappa shape index (κ2) is 6.11. The highest BCUT2D eigenvalue weighted by Crippen LogP contribution is 2.46. The average Bonchev–Trinajstić information content (AvgIpc) is 3.16. The Morgan fingerprint density at radius 2 is 1.88 bits per heavy atom. The summed E-state index contributed by atoms with van der Waals surface area (Å²) in [5.41, 5.74) is 2.66. The number of benzene rings is 2. The number of anilines is 1. The Kier molecular flexibility index (Phi) is 3.92. The van der Waals surface area contributed by atoms with E-state index in [1.807, 2.05) is 49.4 Å². The Bertz CT molecular complexity index is 837. The monoisotopic (exact) mass is 354 g/mol. The second-order valence-corrected chi connectivity index (χ2v) is 7.29. The van der Waals surface area contributed by atoms with Gasteiger partial charge in [-0.05, 0) is 42.3 Å². The van der Waals surface area contributed by atoms with Gasteiger partial charge in [0.05, 0.1) is 12.8 Å². The number of amides is 3. The third kappa shape index (κ3) is 2.57. The topological polar surface area (TPSA) is 49.9 Å². The highest BCUT2D eigenvalue weighted by atomic mass is 32.2. The van der Waals surface area contributed by atoms with Crippen LogP contribution < -0.4 is 9.64 Å². The maximum atomic E-state index is 13.0. The van der Waals surface area contributed by atoms with Gasteiger partial charge in [-0.15, -0.1) is 11.8 Å². The number of hydrogen-bond acceptors (Lipinski definition) is 4. The Morgan fingerprint density at radius 3 is 2.56 bits per heavy atom. The lowest BCUT2D eigenvalue weighted by atomic mass is 10.2. The van der Waals surface area contributed by atoms with E-state index in [9.17, 15) is 9.59 Å². The summed E-state index contributed by atoms with van der Waals surface area (Å²) < 4.78 is 5.19. The second-order valence-electron chi connectivity index (χ2n) is 6.18. The first-order valence-electron chi connectivity index (χ1n) is 8.08. The zero-order valence-corrected chi connectivity index (χ0v) is 14.8. The van der Waals surface area contributed by atoms with Crippen molar-refractivity contribution in [3.63, 3.8) is 0 Å². The van der Waals surface area contributed by atoms with Gasteiger partial charge in [0.15, 0.2) is 0 Å². The van der Waals surface area contributed by atoms with Crippen molar-refractivity contribution in [2.75, 3.05) is 17.8 Å². The van der Waals surface area contributed by atoms with E-state index in [1.165, 1.54) is 4.90 Å². The van der Waals surface area contributed by atoms with Gasteiger partial charge in [0.2, 0.25) is 0 Å². The largest absolute Gasteiger partial charge is 0.497 e. The number of thioether (sulfide) groups is 1. The van der Waals surface area contributed by atoms with Crippen molar-refractivity contribution in [2.24, 2.45) is 0 Å². The quantitative estimate of drug-likeness (QED) is 0.791. The summed E-state index contributed by atoms with van der Waals surface area (Å²) in [5.74, 6) is 1.25. The molecule has 2 atom stereocenters. The van der Waals surface area contributed by atoms with Crippen LogP contribution in [0.1, 0.15) is 16.5 Å². The number of rotatable bonds is 3. The number of aryl methyl sites for hydroxylation is 1. The van der Waals surface area contributed by atoms with Crippen LogP contribution in [0, 0.1) is 6.92 Å². The molecule has 3 amide bonds. The lowest BCUT2D eigenvalue weighted by Gasteiger charge is -2.23. The van der Waals surface area contributed by atoms with Crippen LogP contribution in [0.4, 0.5) is 10.5 Å². The molecule has 128 valence electrons. The summed E-state index contributed by atoms with van der Waals surface area (Å²) in [7, 11) is 1.62. The number of ether oxygens (including phenoxy) is 1. The fourth-order valence-electron chi connectivity index (χ4n) is 3.32. The molecule has 2 aliphatic heterocycles. The Labute approximate surface area is 150 Å². The number of fused-ring (bicyclic) bond motifs is 1. The molecule has 2 heterocycles.